The molecule has 5 heteroatoms. The van der Waals surface area contributed by atoms with Crippen LogP contribution in [0.2, 0.25) is 0 Å². The first kappa shape index (κ1) is 12.0. The van der Waals surface area contributed by atoms with Crippen molar-refractivity contribution in [3.8, 4) is 0 Å². The van der Waals surface area contributed by atoms with E-state index in [0.29, 0.717) is 10.9 Å². The Bertz CT molecular complexity index is 341. The van der Waals surface area contributed by atoms with Crippen molar-refractivity contribution in [3.63, 3.8) is 0 Å². The second-order valence-corrected chi connectivity index (χ2v) is 4.18. The second kappa shape index (κ2) is 6.42. The molecule has 0 radical (unpaired) electrons. The van der Waals surface area contributed by atoms with E-state index in [0.717, 1.165) is 17.4 Å². The fourth-order valence-electron chi connectivity index (χ4n) is 0.888. The first-order chi connectivity index (χ1) is 7.22. The van der Waals surface area contributed by atoms with Crippen LogP contribution in [0.5, 0.6) is 0 Å². The van der Waals surface area contributed by atoms with Crippen molar-refractivity contribution >= 4 is 39.3 Å². The van der Waals surface area contributed by atoms with E-state index in [1.165, 1.54) is 0 Å². The molecule has 0 atom stereocenters. The van der Waals surface area contributed by atoms with Crippen LogP contribution < -0.4 is 5.32 Å². The molecule has 3 nitrogen and oxygen atoms in total. The minimum Gasteiger partial charge on any atom is -0.458 e. The highest BCUT2D eigenvalue weighted by Gasteiger charge is 2.07. The highest BCUT2D eigenvalue weighted by Crippen LogP contribution is 2.13. The lowest BCUT2D eigenvalue weighted by atomic mass is 10.3. The first-order valence-corrected chi connectivity index (χ1v) is 5.65. The van der Waals surface area contributed by atoms with Gasteiger partial charge in [-0.3, -0.25) is 0 Å². The van der Waals surface area contributed by atoms with E-state index in [1.54, 1.807) is 6.92 Å². The number of carbonyl (C=O) groups excluding carboxylic acids is 1. The molecule has 0 saturated heterocycles. The van der Waals surface area contributed by atoms with Crippen LogP contribution in [0.15, 0.2) is 30.3 Å². The number of rotatable bonds is 2. The summed E-state index contributed by atoms with van der Waals surface area (Å²) < 4.78 is 5.14. The Morgan fingerprint density at radius 2 is 2.13 bits per heavy atom. The van der Waals surface area contributed by atoms with Gasteiger partial charge >= 0.3 is 5.30 Å². The zero-order valence-corrected chi connectivity index (χ0v) is 9.86. The Balaban J connectivity index is 2.40. The molecule has 1 aromatic rings. The zero-order valence-electron chi connectivity index (χ0n) is 8.23. The smallest absolute Gasteiger partial charge is 0.374 e. The fourth-order valence-corrected chi connectivity index (χ4v) is 1.71. The van der Waals surface area contributed by atoms with E-state index in [9.17, 15) is 4.79 Å². The van der Waals surface area contributed by atoms with E-state index in [1.807, 2.05) is 30.3 Å². The Labute approximate surface area is 98.2 Å². The van der Waals surface area contributed by atoms with Gasteiger partial charge in [0.15, 0.2) is 0 Å². The number of thioether (sulfide) groups is 1. The SMILES string of the molecule is CCOC(=O)SC(=S)Nc1ccccc1. The summed E-state index contributed by atoms with van der Waals surface area (Å²) in [5, 5.41) is 2.54. The van der Waals surface area contributed by atoms with Gasteiger partial charge in [0.05, 0.1) is 6.61 Å². The van der Waals surface area contributed by atoms with Crippen LogP contribution in [-0.4, -0.2) is 16.2 Å². The minimum absolute atomic E-state index is 0.361. The topological polar surface area (TPSA) is 38.3 Å². The first-order valence-electron chi connectivity index (χ1n) is 4.43. The molecule has 0 aliphatic rings. The van der Waals surface area contributed by atoms with Gasteiger partial charge in [-0.1, -0.05) is 30.4 Å². The summed E-state index contributed by atoms with van der Waals surface area (Å²) in [6.07, 6.45) is 0. The van der Waals surface area contributed by atoms with E-state index in [2.05, 4.69) is 5.32 Å². The zero-order chi connectivity index (χ0) is 11.1. The normalized spacial score (nSPS) is 9.40. The predicted octanol–water partition coefficient (Wildman–Crippen LogP) is 3.27. The number of hydrogen-bond donors (Lipinski definition) is 1. The van der Waals surface area contributed by atoms with Gasteiger partial charge in [0.2, 0.25) is 0 Å². The van der Waals surface area contributed by atoms with E-state index in [-0.39, 0.29) is 5.30 Å². The lowest BCUT2D eigenvalue weighted by molar-refractivity contribution is 0.182. The van der Waals surface area contributed by atoms with Crippen LogP contribution in [0, 0.1) is 0 Å². The average Bonchev–Trinajstić information content (AvgIpc) is 2.19. The molecule has 0 heterocycles. The van der Waals surface area contributed by atoms with Gasteiger partial charge in [-0.15, -0.1) is 0 Å². The summed E-state index contributed by atoms with van der Waals surface area (Å²) in [4.78, 5) is 11.1. The van der Waals surface area contributed by atoms with E-state index < -0.39 is 0 Å². The minimum atomic E-state index is -0.383. The molecule has 0 bridgehead atoms. The van der Waals surface area contributed by atoms with Gasteiger partial charge in [-0.2, -0.15) is 0 Å². The van der Waals surface area contributed by atoms with Crippen molar-refractivity contribution in [2.75, 3.05) is 11.9 Å². The monoisotopic (exact) mass is 241 g/mol. The maximum Gasteiger partial charge on any atom is 0.374 e. The molecular formula is C10H11NO2S2. The largest absolute Gasteiger partial charge is 0.458 e. The van der Waals surface area contributed by atoms with Crippen LogP contribution in [0.3, 0.4) is 0 Å². The van der Waals surface area contributed by atoms with Gasteiger partial charge in [-0.25, -0.2) is 4.79 Å². The molecule has 0 amide bonds. The van der Waals surface area contributed by atoms with Crippen molar-refractivity contribution in [2.45, 2.75) is 6.92 Å². The number of nitrogens with one attached hydrogen (secondary N) is 1. The Morgan fingerprint density at radius 3 is 2.73 bits per heavy atom. The molecule has 1 N–H and O–H groups in total. The number of para-hydroxylation sites is 1. The van der Waals surface area contributed by atoms with Gasteiger partial charge in [0.1, 0.15) is 4.32 Å². The third-order valence-corrected chi connectivity index (χ3v) is 2.38. The van der Waals surface area contributed by atoms with Crippen LogP contribution in [0.25, 0.3) is 0 Å². The highest BCUT2D eigenvalue weighted by molar-refractivity contribution is 8.32. The molecule has 1 aromatic carbocycles. The number of carbonyl (C=O) groups is 1. The number of benzene rings is 1. The number of thiocarbonyl (C=S) groups is 1. The third-order valence-electron chi connectivity index (χ3n) is 1.46. The molecule has 80 valence electrons. The van der Waals surface area contributed by atoms with Gasteiger partial charge in [0.25, 0.3) is 0 Å². The Hall–Kier alpha value is -1.07. The molecule has 0 unspecified atom stereocenters. The maximum absolute atomic E-state index is 11.1. The molecule has 0 fully saturated rings. The number of ether oxygens (including phenoxy) is 1. The Morgan fingerprint density at radius 1 is 1.47 bits per heavy atom. The van der Waals surface area contributed by atoms with Crippen molar-refractivity contribution in [3.05, 3.63) is 30.3 Å². The lowest BCUT2D eigenvalue weighted by Gasteiger charge is -2.05. The van der Waals surface area contributed by atoms with E-state index in [4.69, 9.17) is 17.0 Å². The van der Waals surface area contributed by atoms with Gasteiger partial charge in [-0.05, 0) is 19.1 Å². The average molecular weight is 241 g/mol. The highest BCUT2D eigenvalue weighted by atomic mass is 32.2. The maximum atomic E-state index is 11.1. The fraction of sp³-hybridized carbons (Fsp3) is 0.200. The second-order valence-electron chi connectivity index (χ2n) is 2.56. The Kier molecular flexibility index (Phi) is 5.14. The van der Waals surface area contributed by atoms with Crippen molar-refractivity contribution in [2.24, 2.45) is 0 Å². The molecule has 0 aliphatic carbocycles. The molecule has 0 aliphatic heterocycles. The lowest BCUT2D eigenvalue weighted by Crippen LogP contribution is -2.08. The summed E-state index contributed by atoms with van der Waals surface area (Å²) in [7, 11) is 0. The summed E-state index contributed by atoms with van der Waals surface area (Å²) >= 11 is 5.86. The summed E-state index contributed by atoms with van der Waals surface area (Å²) in [6.45, 7) is 2.12. The van der Waals surface area contributed by atoms with Crippen molar-refractivity contribution < 1.29 is 9.53 Å². The van der Waals surface area contributed by atoms with Crippen LogP contribution in [-0.2, 0) is 4.74 Å². The van der Waals surface area contributed by atoms with E-state index >= 15 is 0 Å². The molecular weight excluding hydrogens is 230 g/mol. The van der Waals surface area contributed by atoms with Crippen molar-refractivity contribution in [1.29, 1.82) is 0 Å². The van der Waals surface area contributed by atoms with Gasteiger partial charge in [0, 0.05) is 17.4 Å². The van der Waals surface area contributed by atoms with Crippen LogP contribution in [0.4, 0.5) is 10.5 Å². The summed E-state index contributed by atoms with van der Waals surface area (Å²) in [5.74, 6) is 0. The third kappa shape index (κ3) is 4.80. The molecule has 0 spiro atoms. The number of anilines is 1. The van der Waals surface area contributed by atoms with Gasteiger partial charge < -0.3 is 10.1 Å². The predicted molar refractivity (Wildman–Crippen MR) is 67.3 cm³/mol. The quantitative estimate of drug-likeness (QED) is 0.635. The molecule has 0 saturated carbocycles. The number of hydrogen-bond acceptors (Lipinski definition) is 4. The molecule has 1 rings (SSSR count). The van der Waals surface area contributed by atoms with Crippen molar-refractivity contribution in [1.82, 2.24) is 0 Å². The standard InChI is InChI=1S/C10H11NO2S2/c1-2-13-10(12)15-9(14)11-8-6-4-3-5-7-8/h3-7H,2H2,1H3,(H,11,14). The van der Waals surface area contributed by atoms with Crippen LogP contribution >= 0.6 is 24.0 Å². The molecule has 0 aromatic heterocycles. The summed E-state index contributed by atoms with van der Waals surface area (Å²) in [6, 6.07) is 9.43. The van der Waals surface area contributed by atoms with Crippen LogP contribution in [0.1, 0.15) is 6.92 Å². The summed E-state index contributed by atoms with van der Waals surface area (Å²) in [5.41, 5.74) is 0.860. The molecule has 15 heavy (non-hydrogen) atoms.